The van der Waals surface area contributed by atoms with E-state index in [9.17, 15) is 8.78 Å². The molecule has 0 radical (unpaired) electrons. The van der Waals surface area contributed by atoms with Gasteiger partial charge in [0, 0.05) is 6.54 Å². The molecule has 0 aliphatic carbocycles. The molecule has 0 bridgehead atoms. The summed E-state index contributed by atoms with van der Waals surface area (Å²) in [7, 11) is 0. The normalized spacial score (nSPS) is 18.0. The van der Waals surface area contributed by atoms with Gasteiger partial charge in [0.1, 0.15) is 24.0 Å². The summed E-state index contributed by atoms with van der Waals surface area (Å²) in [6, 6.07) is 12.5. The van der Waals surface area contributed by atoms with Crippen LogP contribution in [0.25, 0.3) is 0 Å². The molecule has 1 atom stereocenters. The van der Waals surface area contributed by atoms with Crippen LogP contribution in [-0.2, 0) is 4.74 Å². The van der Waals surface area contributed by atoms with Crippen LogP contribution in [0.1, 0.15) is 24.2 Å². The Balaban J connectivity index is 1.91. The molecule has 23 heavy (non-hydrogen) atoms. The van der Waals surface area contributed by atoms with E-state index in [2.05, 4.69) is 17.9 Å². The van der Waals surface area contributed by atoms with Crippen LogP contribution in [0.5, 0.6) is 0 Å². The van der Waals surface area contributed by atoms with Gasteiger partial charge in [-0.1, -0.05) is 37.3 Å². The zero-order chi connectivity index (χ0) is 16.2. The van der Waals surface area contributed by atoms with Gasteiger partial charge in [-0.2, -0.15) is 0 Å². The Morgan fingerprint density at radius 3 is 2.00 bits per heavy atom. The number of nitrogens with zero attached hydrogens (tertiary/aromatic N) is 1. The maximum atomic E-state index is 13.2. The van der Waals surface area contributed by atoms with Crippen LogP contribution in [0, 0.1) is 11.6 Å². The van der Waals surface area contributed by atoms with Crippen LogP contribution in [0.3, 0.4) is 0 Å². The first-order valence-electron chi connectivity index (χ1n) is 7.74. The predicted octanol–water partition coefficient (Wildman–Crippen LogP) is 4.29. The van der Waals surface area contributed by atoms with Crippen molar-refractivity contribution in [3.05, 3.63) is 83.4 Å². The van der Waals surface area contributed by atoms with Crippen LogP contribution in [0.2, 0.25) is 0 Å². The molecule has 0 saturated carbocycles. The fourth-order valence-corrected chi connectivity index (χ4v) is 2.74. The highest BCUT2D eigenvalue weighted by Gasteiger charge is 2.25. The molecule has 1 heterocycles. The molecular formula is C19H19F2NO. The molecule has 1 aliphatic heterocycles. The molecule has 120 valence electrons. The number of benzene rings is 2. The van der Waals surface area contributed by atoms with E-state index in [1.807, 2.05) is 6.08 Å². The van der Waals surface area contributed by atoms with E-state index in [1.54, 1.807) is 24.3 Å². The van der Waals surface area contributed by atoms with Gasteiger partial charge in [-0.3, -0.25) is 4.90 Å². The first-order valence-corrected chi connectivity index (χ1v) is 7.74. The first kappa shape index (κ1) is 15.8. The van der Waals surface area contributed by atoms with Crippen molar-refractivity contribution in [1.82, 2.24) is 4.90 Å². The standard InChI is InChI=1S/C19H19F2NO/c1-2-22-13-3-4-18(22)23-19(14-5-9-16(20)10-6-14)15-7-11-17(21)12-8-15/h3-12,18-19H,2,13H2,1H3. The monoisotopic (exact) mass is 315 g/mol. The number of likely N-dealkylation sites (N-methyl/N-ethyl adjacent to an activating group) is 1. The fraction of sp³-hybridized carbons (Fsp3) is 0.263. The van der Waals surface area contributed by atoms with Gasteiger partial charge in [-0.05, 0) is 48.0 Å². The van der Waals surface area contributed by atoms with Gasteiger partial charge in [-0.25, -0.2) is 8.78 Å². The third-order valence-corrected chi connectivity index (χ3v) is 4.03. The fourth-order valence-electron chi connectivity index (χ4n) is 2.74. The quantitative estimate of drug-likeness (QED) is 0.763. The zero-order valence-electron chi connectivity index (χ0n) is 13.0. The van der Waals surface area contributed by atoms with Crippen molar-refractivity contribution >= 4 is 0 Å². The highest BCUT2D eigenvalue weighted by Crippen LogP contribution is 2.30. The van der Waals surface area contributed by atoms with Crippen LogP contribution < -0.4 is 0 Å². The summed E-state index contributed by atoms with van der Waals surface area (Å²) in [6.45, 7) is 3.80. The van der Waals surface area contributed by atoms with Crippen molar-refractivity contribution in [2.75, 3.05) is 13.1 Å². The van der Waals surface area contributed by atoms with Crippen LogP contribution in [0.15, 0.2) is 60.7 Å². The second-order valence-corrected chi connectivity index (χ2v) is 5.53. The van der Waals surface area contributed by atoms with Gasteiger partial charge in [0.2, 0.25) is 0 Å². The lowest BCUT2D eigenvalue weighted by Gasteiger charge is -2.28. The molecule has 2 aromatic carbocycles. The Kier molecular flexibility index (Phi) is 4.84. The van der Waals surface area contributed by atoms with Gasteiger partial charge in [0.25, 0.3) is 0 Å². The van der Waals surface area contributed by atoms with E-state index in [-0.39, 0.29) is 24.0 Å². The molecule has 1 aliphatic rings. The summed E-state index contributed by atoms with van der Waals surface area (Å²) in [4.78, 5) is 2.18. The lowest BCUT2D eigenvalue weighted by atomic mass is 10.0. The third-order valence-electron chi connectivity index (χ3n) is 4.03. The topological polar surface area (TPSA) is 12.5 Å². The van der Waals surface area contributed by atoms with Gasteiger partial charge in [0.05, 0.1) is 0 Å². The van der Waals surface area contributed by atoms with E-state index in [0.29, 0.717) is 0 Å². The third kappa shape index (κ3) is 3.66. The van der Waals surface area contributed by atoms with Crippen LogP contribution >= 0.6 is 0 Å². The Labute approximate surface area is 135 Å². The SMILES string of the molecule is CCN1CC=CC1OC(c1ccc(F)cc1)c1ccc(F)cc1. The number of rotatable bonds is 5. The number of hydrogen-bond donors (Lipinski definition) is 0. The number of halogens is 2. The summed E-state index contributed by atoms with van der Waals surface area (Å²) in [5.74, 6) is -0.579. The van der Waals surface area contributed by atoms with E-state index in [0.717, 1.165) is 24.2 Å². The van der Waals surface area contributed by atoms with Crippen molar-refractivity contribution in [1.29, 1.82) is 0 Å². The molecule has 0 saturated heterocycles. The van der Waals surface area contributed by atoms with Crippen molar-refractivity contribution < 1.29 is 13.5 Å². The summed E-state index contributed by atoms with van der Waals surface area (Å²) < 4.78 is 32.7. The molecule has 2 nitrogen and oxygen atoms in total. The predicted molar refractivity (Wildman–Crippen MR) is 85.9 cm³/mol. The lowest BCUT2D eigenvalue weighted by molar-refractivity contribution is -0.0449. The highest BCUT2D eigenvalue weighted by atomic mass is 19.1. The summed E-state index contributed by atoms with van der Waals surface area (Å²) >= 11 is 0. The van der Waals surface area contributed by atoms with Gasteiger partial charge in [-0.15, -0.1) is 0 Å². The van der Waals surface area contributed by atoms with Gasteiger partial charge >= 0.3 is 0 Å². The largest absolute Gasteiger partial charge is 0.347 e. The maximum Gasteiger partial charge on any atom is 0.131 e. The molecule has 3 rings (SSSR count). The van der Waals surface area contributed by atoms with Gasteiger partial charge < -0.3 is 4.74 Å². The van der Waals surface area contributed by atoms with E-state index < -0.39 is 0 Å². The number of ether oxygens (including phenoxy) is 1. The first-order chi connectivity index (χ1) is 11.2. The van der Waals surface area contributed by atoms with Crippen LogP contribution in [-0.4, -0.2) is 24.2 Å². The van der Waals surface area contributed by atoms with E-state index in [1.165, 1.54) is 24.3 Å². The maximum absolute atomic E-state index is 13.2. The molecule has 2 aromatic rings. The molecule has 0 N–H and O–H groups in total. The minimum absolute atomic E-state index is 0.139. The Bertz CT molecular complexity index is 621. The number of hydrogen-bond acceptors (Lipinski definition) is 2. The Hall–Kier alpha value is -2.04. The molecule has 0 amide bonds. The molecule has 0 spiro atoms. The smallest absolute Gasteiger partial charge is 0.131 e. The summed E-state index contributed by atoms with van der Waals surface area (Å²) in [5.41, 5.74) is 1.68. The van der Waals surface area contributed by atoms with Crippen LogP contribution in [0.4, 0.5) is 8.78 Å². The zero-order valence-corrected chi connectivity index (χ0v) is 13.0. The molecule has 0 fully saturated rings. The molecule has 4 heteroatoms. The Morgan fingerprint density at radius 1 is 1.00 bits per heavy atom. The summed E-state index contributed by atoms with van der Waals surface area (Å²) in [6.07, 6.45) is 3.57. The minimum atomic E-state index is -0.377. The van der Waals surface area contributed by atoms with Crippen molar-refractivity contribution in [2.45, 2.75) is 19.3 Å². The van der Waals surface area contributed by atoms with Crippen molar-refractivity contribution in [2.24, 2.45) is 0 Å². The molecule has 0 aromatic heterocycles. The minimum Gasteiger partial charge on any atom is -0.347 e. The van der Waals surface area contributed by atoms with E-state index >= 15 is 0 Å². The lowest BCUT2D eigenvalue weighted by Crippen LogP contribution is -2.33. The van der Waals surface area contributed by atoms with E-state index in [4.69, 9.17) is 4.74 Å². The molecular weight excluding hydrogens is 296 g/mol. The van der Waals surface area contributed by atoms with Crippen molar-refractivity contribution in [3.8, 4) is 0 Å². The molecule has 1 unspecified atom stereocenters. The second-order valence-electron chi connectivity index (χ2n) is 5.53. The van der Waals surface area contributed by atoms with Crippen molar-refractivity contribution in [3.63, 3.8) is 0 Å². The van der Waals surface area contributed by atoms with Gasteiger partial charge in [0.15, 0.2) is 0 Å². The Morgan fingerprint density at radius 2 is 1.52 bits per heavy atom. The highest BCUT2D eigenvalue weighted by molar-refractivity contribution is 5.31. The second kappa shape index (κ2) is 7.02. The summed E-state index contributed by atoms with van der Waals surface area (Å²) in [5, 5.41) is 0. The average molecular weight is 315 g/mol. The average Bonchev–Trinajstić information content (AvgIpc) is 3.02.